The largest absolute Gasteiger partial charge is 0.271 e. The van der Waals surface area contributed by atoms with E-state index in [-0.39, 0.29) is 29.9 Å². The second-order valence-corrected chi connectivity index (χ2v) is 6.82. The number of hydrogen-bond acceptors (Lipinski definition) is 7. The van der Waals surface area contributed by atoms with Gasteiger partial charge in [0.25, 0.3) is 17.3 Å². The van der Waals surface area contributed by atoms with Gasteiger partial charge in [-0.1, -0.05) is 0 Å². The van der Waals surface area contributed by atoms with Crippen molar-refractivity contribution in [3.8, 4) is 0 Å². The number of rotatable bonds is 6. The number of non-ortho nitro benzene ring substituents is 2. The van der Waals surface area contributed by atoms with Crippen LogP contribution < -0.4 is 0 Å². The van der Waals surface area contributed by atoms with E-state index in [0.29, 0.717) is 11.1 Å². The van der Waals surface area contributed by atoms with Crippen LogP contribution in [0.2, 0.25) is 0 Å². The van der Waals surface area contributed by atoms with E-state index in [1.165, 1.54) is 35.5 Å². The lowest BCUT2D eigenvalue weighted by Gasteiger charge is -2.30. The van der Waals surface area contributed by atoms with Gasteiger partial charge in [-0.15, -0.1) is 0 Å². The van der Waals surface area contributed by atoms with Crippen LogP contribution in [-0.4, -0.2) is 44.5 Å². The number of carbonyl (C=O) groups is 1. The predicted molar refractivity (Wildman–Crippen MR) is 105 cm³/mol. The molecule has 1 atom stereocenters. The SMILES string of the molecule is CC(C)N1CC(=O)N(/N=C\c2ccc([N+](=O)[O-])cc2)[C@@H]1c1ccc([N+](=O)[O-])cc1. The molecular weight excluding hydrogens is 378 g/mol. The molecule has 1 amide bonds. The molecule has 1 aliphatic rings. The van der Waals surface area contributed by atoms with Crippen LogP contribution in [0.4, 0.5) is 11.4 Å². The Hall–Kier alpha value is -3.66. The molecule has 29 heavy (non-hydrogen) atoms. The van der Waals surface area contributed by atoms with Crippen molar-refractivity contribution < 1.29 is 14.6 Å². The number of nitro groups is 2. The molecule has 10 heteroatoms. The first-order chi connectivity index (χ1) is 13.8. The van der Waals surface area contributed by atoms with E-state index in [2.05, 4.69) is 5.10 Å². The maximum Gasteiger partial charge on any atom is 0.269 e. The standard InChI is InChI=1S/C19H19N5O5/c1-13(2)21-12-18(25)22(19(21)15-5-9-17(10-6-15)24(28)29)20-11-14-3-7-16(8-4-14)23(26)27/h3-11,13,19H,12H2,1-2H3/b20-11-/t19-/m1/s1. The number of nitro benzene ring substituents is 2. The molecule has 3 rings (SSSR count). The second-order valence-electron chi connectivity index (χ2n) is 6.82. The van der Waals surface area contributed by atoms with E-state index in [9.17, 15) is 25.0 Å². The van der Waals surface area contributed by atoms with E-state index < -0.39 is 16.0 Å². The fourth-order valence-corrected chi connectivity index (χ4v) is 3.10. The summed E-state index contributed by atoms with van der Waals surface area (Å²) in [6, 6.07) is 11.9. The molecule has 10 nitrogen and oxygen atoms in total. The van der Waals surface area contributed by atoms with Crippen LogP contribution in [-0.2, 0) is 4.79 Å². The van der Waals surface area contributed by atoms with Crippen molar-refractivity contribution in [3.05, 3.63) is 79.9 Å². The number of amides is 1. The van der Waals surface area contributed by atoms with Gasteiger partial charge >= 0.3 is 0 Å². The third kappa shape index (κ3) is 4.27. The van der Waals surface area contributed by atoms with Crippen molar-refractivity contribution in [2.24, 2.45) is 5.10 Å². The van der Waals surface area contributed by atoms with Crippen molar-refractivity contribution in [3.63, 3.8) is 0 Å². The molecule has 150 valence electrons. The molecule has 1 heterocycles. The molecule has 1 aliphatic heterocycles. The van der Waals surface area contributed by atoms with Crippen molar-refractivity contribution in [1.82, 2.24) is 9.91 Å². The second kappa shape index (κ2) is 8.15. The summed E-state index contributed by atoms with van der Waals surface area (Å²) in [5, 5.41) is 27.3. The number of hydrogen-bond donors (Lipinski definition) is 0. The van der Waals surface area contributed by atoms with Gasteiger partial charge in [-0.05, 0) is 49.2 Å². The monoisotopic (exact) mass is 397 g/mol. The molecule has 1 saturated heterocycles. The summed E-state index contributed by atoms with van der Waals surface area (Å²) in [7, 11) is 0. The molecule has 1 fully saturated rings. The lowest BCUT2D eigenvalue weighted by molar-refractivity contribution is -0.385. The predicted octanol–water partition coefficient (Wildman–Crippen LogP) is 3.09. The highest BCUT2D eigenvalue weighted by Crippen LogP contribution is 2.33. The Balaban J connectivity index is 1.90. The van der Waals surface area contributed by atoms with Crippen LogP contribution in [0, 0.1) is 20.2 Å². The topological polar surface area (TPSA) is 122 Å². The molecule has 0 aliphatic carbocycles. The average Bonchev–Trinajstić information content (AvgIpc) is 3.03. The zero-order chi connectivity index (χ0) is 21.1. The fourth-order valence-electron chi connectivity index (χ4n) is 3.10. The van der Waals surface area contributed by atoms with E-state index in [4.69, 9.17) is 0 Å². The first kappa shape index (κ1) is 20.1. The van der Waals surface area contributed by atoms with E-state index in [1.807, 2.05) is 18.7 Å². The summed E-state index contributed by atoms with van der Waals surface area (Å²) >= 11 is 0. The van der Waals surface area contributed by atoms with Crippen molar-refractivity contribution in [2.45, 2.75) is 26.1 Å². The van der Waals surface area contributed by atoms with Gasteiger partial charge in [0.1, 0.15) is 6.17 Å². The van der Waals surface area contributed by atoms with Crippen LogP contribution in [0.15, 0.2) is 53.6 Å². The minimum absolute atomic E-state index is 0.0323. The Morgan fingerprint density at radius 3 is 2.00 bits per heavy atom. The van der Waals surface area contributed by atoms with Crippen LogP contribution in [0.3, 0.4) is 0 Å². The molecule has 0 radical (unpaired) electrons. The highest BCUT2D eigenvalue weighted by atomic mass is 16.6. The third-order valence-electron chi connectivity index (χ3n) is 4.62. The van der Waals surface area contributed by atoms with Gasteiger partial charge in [0, 0.05) is 30.3 Å². The van der Waals surface area contributed by atoms with Crippen LogP contribution >= 0.6 is 0 Å². The quantitative estimate of drug-likeness (QED) is 0.419. The molecule has 0 unspecified atom stereocenters. The Kier molecular flexibility index (Phi) is 5.64. The van der Waals surface area contributed by atoms with Crippen LogP contribution in [0.5, 0.6) is 0 Å². The minimum Gasteiger partial charge on any atom is -0.271 e. The van der Waals surface area contributed by atoms with Crippen molar-refractivity contribution >= 4 is 23.5 Å². The number of carbonyl (C=O) groups excluding carboxylic acids is 1. The first-order valence-electron chi connectivity index (χ1n) is 8.88. The lowest BCUT2D eigenvalue weighted by atomic mass is 10.1. The Morgan fingerprint density at radius 1 is 1.00 bits per heavy atom. The molecular formula is C19H19N5O5. The van der Waals surface area contributed by atoms with Gasteiger partial charge in [0.05, 0.1) is 22.6 Å². The van der Waals surface area contributed by atoms with Gasteiger partial charge in [0.15, 0.2) is 0 Å². The zero-order valence-corrected chi connectivity index (χ0v) is 15.8. The zero-order valence-electron chi connectivity index (χ0n) is 15.8. The summed E-state index contributed by atoms with van der Waals surface area (Å²) in [6.07, 6.45) is 0.960. The molecule has 2 aromatic rings. The number of nitrogens with zero attached hydrogens (tertiary/aromatic N) is 5. The molecule has 0 N–H and O–H groups in total. The van der Waals surface area contributed by atoms with E-state index in [1.54, 1.807) is 24.3 Å². The van der Waals surface area contributed by atoms with Gasteiger partial charge < -0.3 is 0 Å². The Bertz CT molecular complexity index is 956. The van der Waals surface area contributed by atoms with Crippen molar-refractivity contribution in [1.29, 1.82) is 0 Å². The summed E-state index contributed by atoms with van der Waals surface area (Å²) in [4.78, 5) is 35.2. The maximum absolute atomic E-state index is 12.6. The molecule has 0 aromatic heterocycles. The van der Waals surface area contributed by atoms with Gasteiger partial charge in [0.2, 0.25) is 0 Å². The summed E-state index contributed by atoms with van der Waals surface area (Å²) in [5.41, 5.74) is 1.24. The molecule has 0 saturated carbocycles. The van der Waals surface area contributed by atoms with Gasteiger partial charge in [-0.25, -0.2) is 5.01 Å². The van der Waals surface area contributed by atoms with E-state index >= 15 is 0 Å². The summed E-state index contributed by atoms with van der Waals surface area (Å²) < 4.78 is 0. The Morgan fingerprint density at radius 2 is 1.52 bits per heavy atom. The highest BCUT2D eigenvalue weighted by molar-refractivity contribution is 5.85. The van der Waals surface area contributed by atoms with Gasteiger partial charge in [-0.3, -0.25) is 29.9 Å². The molecule has 2 aromatic carbocycles. The lowest BCUT2D eigenvalue weighted by Crippen LogP contribution is -2.33. The maximum atomic E-state index is 12.6. The van der Waals surface area contributed by atoms with Crippen LogP contribution in [0.1, 0.15) is 31.1 Å². The van der Waals surface area contributed by atoms with Gasteiger partial charge in [-0.2, -0.15) is 5.10 Å². The molecule has 0 spiro atoms. The smallest absolute Gasteiger partial charge is 0.269 e. The van der Waals surface area contributed by atoms with Crippen LogP contribution in [0.25, 0.3) is 0 Å². The third-order valence-corrected chi connectivity index (χ3v) is 4.62. The summed E-state index contributed by atoms with van der Waals surface area (Å²) in [6.45, 7) is 4.07. The van der Waals surface area contributed by atoms with E-state index in [0.717, 1.165) is 0 Å². The van der Waals surface area contributed by atoms with Crippen molar-refractivity contribution in [2.75, 3.05) is 6.54 Å². The highest BCUT2D eigenvalue weighted by Gasteiger charge is 2.40. The normalized spacial score (nSPS) is 17.4. The Labute approximate surface area is 166 Å². The number of hydrazone groups is 1. The summed E-state index contributed by atoms with van der Waals surface area (Å²) in [5.74, 6) is -0.208. The molecule has 0 bridgehead atoms. The first-order valence-corrected chi connectivity index (χ1v) is 8.88. The average molecular weight is 397 g/mol. The number of benzene rings is 2. The minimum atomic E-state index is -0.502. The fraction of sp³-hybridized carbons (Fsp3) is 0.263.